The molecule has 0 unspecified atom stereocenters. The van der Waals surface area contributed by atoms with Crippen molar-refractivity contribution in [1.29, 1.82) is 5.41 Å². The fraction of sp³-hybridized carbons (Fsp3) is 0. The molecule has 1 aromatic carbocycles. The van der Waals surface area contributed by atoms with Gasteiger partial charge in [0.05, 0.1) is 4.92 Å². The number of nitrogens with zero attached hydrogens (tertiary/aromatic N) is 1. The van der Waals surface area contributed by atoms with Crippen molar-refractivity contribution in [3.63, 3.8) is 0 Å². The Labute approximate surface area is 78.6 Å². The van der Waals surface area contributed by atoms with Crippen molar-refractivity contribution >= 4 is 22.6 Å². The van der Waals surface area contributed by atoms with Crippen molar-refractivity contribution in [2.75, 3.05) is 0 Å². The van der Waals surface area contributed by atoms with Gasteiger partial charge < -0.3 is 5.73 Å². The molecule has 0 radical (unpaired) electrons. The summed E-state index contributed by atoms with van der Waals surface area (Å²) in [4.78, 5) is 10.5. The fourth-order valence-electron chi connectivity index (χ4n) is 0.788. The Balaban J connectivity index is 2.91. The zero-order chi connectivity index (χ0) is 9.84. The average molecular weight is 197 g/mol. The SMILES string of the molecule is N=C(N)Sc1cccc([N+](=O)[O-])c1. The van der Waals surface area contributed by atoms with Crippen LogP contribution in [0.5, 0.6) is 0 Å². The van der Waals surface area contributed by atoms with Crippen LogP contribution in [0.15, 0.2) is 29.2 Å². The zero-order valence-electron chi connectivity index (χ0n) is 6.56. The van der Waals surface area contributed by atoms with Crippen LogP contribution in [0.1, 0.15) is 0 Å². The van der Waals surface area contributed by atoms with E-state index in [9.17, 15) is 10.1 Å². The van der Waals surface area contributed by atoms with Crippen molar-refractivity contribution in [1.82, 2.24) is 0 Å². The summed E-state index contributed by atoms with van der Waals surface area (Å²) < 4.78 is 0. The maximum atomic E-state index is 10.4. The second kappa shape index (κ2) is 3.90. The van der Waals surface area contributed by atoms with Crippen molar-refractivity contribution in [2.24, 2.45) is 5.73 Å². The largest absolute Gasteiger partial charge is 0.378 e. The Hall–Kier alpha value is -1.56. The minimum absolute atomic E-state index is 0.00579. The van der Waals surface area contributed by atoms with Gasteiger partial charge in [-0.25, -0.2) is 0 Å². The Morgan fingerprint density at radius 2 is 2.31 bits per heavy atom. The molecule has 0 aliphatic rings. The van der Waals surface area contributed by atoms with Crippen LogP contribution in [0.3, 0.4) is 0 Å². The fourth-order valence-corrected chi connectivity index (χ4v) is 1.37. The van der Waals surface area contributed by atoms with Gasteiger partial charge in [-0.2, -0.15) is 0 Å². The smallest absolute Gasteiger partial charge is 0.270 e. The number of nitrogens with two attached hydrogens (primary N) is 1. The Kier molecular flexibility index (Phi) is 2.86. The Morgan fingerprint density at radius 3 is 2.85 bits per heavy atom. The molecule has 0 spiro atoms. The van der Waals surface area contributed by atoms with E-state index in [4.69, 9.17) is 11.1 Å². The van der Waals surface area contributed by atoms with E-state index in [1.165, 1.54) is 12.1 Å². The third kappa shape index (κ3) is 2.75. The topological polar surface area (TPSA) is 93.0 Å². The molecule has 0 saturated carbocycles. The van der Waals surface area contributed by atoms with E-state index in [-0.39, 0.29) is 10.9 Å². The van der Waals surface area contributed by atoms with E-state index in [0.717, 1.165) is 11.8 Å². The number of nitrogens with one attached hydrogen (secondary N) is 1. The summed E-state index contributed by atoms with van der Waals surface area (Å²) in [6.07, 6.45) is 0. The van der Waals surface area contributed by atoms with Crippen LogP contribution in [-0.4, -0.2) is 10.1 Å². The quantitative estimate of drug-likeness (QED) is 0.247. The molecule has 0 fully saturated rings. The molecule has 0 atom stereocenters. The lowest BCUT2D eigenvalue weighted by molar-refractivity contribution is -0.385. The molecule has 1 rings (SSSR count). The number of non-ortho nitro benzene ring substituents is 1. The lowest BCUT2D eigenvalue weighted by Crippen LogP contribution is -2.02. The molecule has 0 aromatic heterocycles. The van der Waals surface area contributed by atoms with E-state index >= 15 is 0 Å². The van der Waals surface area contributed by atoms with Crippen molar-refractivity contribution in [3.8, 4) is 0 Å². The summed E-state index contributed by atoms with van der Waals surface area (Å²) >= 11 is 0.987. The van der Waals surface area contributed by atoms with Crippen LogP contribution in [0, 0.1) is 15.5 Å². The van der Waals surface area contributed by atoms with Gasteiger partial charge in [0.15, 0.2) is 5.17 Å². The number of hydrogen-bond acceptors (Lipinski definition) is 4. The van der Waals surface area contributed by atoms with Gasteiger partial charge in [-0.05, 0) is 6.07 Å². The van der Waals surface area contributed by atoms with Gasteiger partial charge in [-0.15, -0.1) is 0 Å². The first-order chi connectivity index (χ1) is 6.09. The van der Waals surface area contributed by atoms with Crippen molar-refractivity contribution in [2.45, 2.75) is 4.90 Å². The van der Waals surface area contributed by atoms with Crippen LogP contribution in [0.2, 0.25) is 0 Å². The number of nitro groups is 1. The maximum Gasteiger partial charge on any atom is 0.270 e. The van der Waals surface area contributed by atoms with Gasteiger partial charge in [0, 0.05) is 17.0 Å². The molecule has 0 bridgehead atoms. The molecule has 5 nitrogen and oxygen atoms in total. The Bertz CT molecular complexity index is 353. The minimum Gasteiger partial charge on any atom is -0.378 e. The molecule has 13 heavy (non-hydrogen) atoms. The highest BCUT2D eigenvalue weighted by Gasteiger charge is 2.06. The predicted molar refractivity (Wildman–Crippen MR) is 50.9 cm³/mol. The van der Waals surface area contributed by atoms with Gasteiger partial charge >= 0.3 is 0 Å². The molecule has 0 aliphatic carbocycles. The predicted octanol–water partition coefficient (Wildman–Crippen LogP) is 1.58. The van der Waals surface area contributed by atoms with Crippen LogP contribution in [0.25, 0.3) is 0 Å². The molecule has 1 aromatic rings. The van der Waals surface area contributed by atoms with Crippen molar-refractivity contribution in [3.05, 3.63) is 34.4 Å². The minimum atomic E-state index is -0.482. The highest BCUT2D eigenvalue weighted by Crippen LogP contribution is 2.21. The van der Waals surface area contributed by atoms with E-state index < -0.39 is 4.92 Å². The lowest BCUT2D eigenvalue weighted by atomic mass is 10.3. The highest BCUT2D eigenvalue weighted by atomic mass is 32.2. The number of benzene rings is 1. The molecule has 0 heterocycles. The van der Waals surface area contributed by atoms with Crippen LogP contribution in [0.4, 0.5) is 5.69 Å². The Morgan fingerprint density at radius 1 is 1.62 bits per heavy atom. The molecule has 68 valence electrons. The van der Waals surface area contributed by atoms with Gasteiger partial charge in [0.1, 0.15) is 0 Å². The summed E-state index contributed by atoms with van der Waals surface area (Å²) in [6, 6.07) is 6.00. The maximum absolute atomic E-state index is 10.4. The van der Waals surface area contributed by atoms with Crippen LogP contribution < -0.4 is 5.73 Å². The van der Waals surface area contributed by atoms with E-state index in [2.05, 4.69) is 0 Å². The van der Waals surface area contributed by atoms with Crippen LogP contribution in [-0.2, 0) is 0 Å². The number of rotatable bonds is 2. The van der Waals surface area contributed by atoms with Crippen LogP contribution >= 0.6 is 11.8 Å². The summed E-state index contributed by atoms with van der Waals surface area (Å²) in [5.41, 5.74) is 5.13. The first-order valence-electron chi connectivity index (χ1n) is 3.36. The number of hydrogen-bond donors (Lipinski definition) is 2. The summed E-state index contributed by atoms with van der Waals surface area (Å²) in [5.74, 6) is 0. The van der Waals surface area contributed by atoms with Gasteiger partial charge in [-0.3, -0.25) is 15.5 Å². The van der Waals surface area contributed by atoms with E-state index in [0.29, 0.717) is 4.90 Å². The molecule has 0 amide bonds. The van der Waals surface area contributed by atoms with Gasteiger partial charge in [0.2, 0.25) is 0 Å². The highest BCUT2D eigenvalue weighted by molar-refractivity contribution is 8.13. The normalized spacial score (nSPS) is 9.54. The molecule has 6 heteroatoms. The first-order valence-corrected chi connectivity index (χ1v) is 4.17. The molecule has 0 saturated heterocycles. The summed E-state index contributed by atoms with van der Waals surface area (Å²) in [5, 5.41) is 17.2. The van der Waals surface area contributed by atoms with Gasteiger partial charge in [-0.1, -0.05) is 17.8 Å². The standard InChI is InChI=1S/C7H7N3O2S/c8-7(9)13-6-3-1-2-5(4-6)10(11)12/h1-4H,(H3,8,9). The first kappa shape index (κ1) is 9.53. The summed E-state index contributed by atoms with van der Waals surface area (Å²) in [6.45, 7) is 0. The summed E-state index contributed by atoms with van der Waals surface area (Å²) in [7, 11) is 0. The third-order valence-electron chi connectivity index (χ3n) is 1.26. The zero-order valence-corrected chi connectivity index (χ0v) is 7.38. The number of amidine groups is 1. The molecular weight excluding hydrogens is 190 g/mol. The van der Waals surface area contributed by atoms with E-state index in [1.807, 2.05) is 0 Å². The lowest BCUT2D eigenvalue weighted by Gasteiger charge is -1.97. The second-order valence-electron chi connectivity index (χ2n) is 2.22. The molecular formula is C7H7N3O2S. The van der Waals surface area contributed by atoms with E-state index in [1.54, 1.807) is 12.1 Å². The monoisotopic (exact) mass is 197 g/mol. The number of thioether (sulfide) groups is 1. The molecule has 0 aliphatic heterocycles. The number of nitro benzene ring substituents is 1. The average Bonchev–Trinajstić information content (AvgIpc) is 2.03. The van der Waals surface area contributed by atoms with Crippen molar-refractivity contribution < 1.29 is 4.92 Å². The third-order valence-corrected chi connectivity index (χ3v) is 1.97. The second-order valence-corrected chi connectivity index (χ2v) is 3.34. The molecule has 3 N–H and O–H groups in total. The van der Waals surface area contributed by atoms with Gasteiger partial charge in [0.25, 0.3) is 5.69 Å².